The van der Waals surface area contributed by atoms with Crippen molar-refractivity contribution in [1.82, 2.24) is 25.0 Å². The summed E-state index contributed by atoms with van der Waals surface area (Å²) in [5, 5.41) is 12.0. The largest absolute Gasteiger partial charge is 0.275 e. The molecule has 0 amide bonds. The van der Waals surface area contributed by atoms with E-state index in [0.717, 1.165) is 4.90 Å². The molecule has 0 fully saturated rings. The maximum Gasteiger partial charge on any atom is 0.244 e. The van der Waals surface area contributed by atoms with Crippen molar-refractivity contribution in [3.63, 3.8) is 0 Å². The standard InChI is InChI=1S/C7H5Cl2N5S/c1-14-3-4(2-10-14)15-6-5(8)12-13-7(9)11-6/h2-3H,1H3. The first kappa shape index (κ1) is 10.7. The fourth-order valence-corrected chi connectivity index (χ4v) is 2.06. The first-order chi connectivity index (χ1) is 7.15. The van der Waals surface area contributed by atoms with E-state index in [-0.39, 0.29) is 10.4 Å². The van der Waals surface area contributed by atoms with Gasteiger partial charge in [0.1, 0.15) is 5.03 Å². The zero-order valence-electron chi connectivity index (χ0n) is 7.55. The molecule has 0 saturated carbocycles. The second kappa shape index (κ2) is 4.34. The molecule has 15 heavy (non-hydrogen) atoms. The van der Waals surface area contributed by atoms with Crippen molar-refractivity contribution in [2.45, 2.75) is 9.92 Å². The van der Waals surface area contributed by atoms with Crippen LogP contribution in [0.25, 0.3) is 0 Å². The zero-order chi connectivity index (χ0) is 10.8. The number of halogens is 2. The molecule has 0 radical (unpaired) electrons. The van der Waals surface area contributed by atoms with E-state index in [0.29, 0.717) is 5.03 Å². The average Bonchev–Trinajstić information content (AvgIpc) is 2.58. The van der Waals surface area contributed by atoms with E-state index in [2.05, 4.69) is 20.3 Å². The van der Waals surface area contributed by atoms with Gasteiger partial charge in [0.25, 0.3) is 0 Å². The molecule has 0 bridgehead atoms. The summed E-state index contributed by atoms with van der Waals surface area (Å²) < 4.78 is 1.69. The van der Waals surface area contributed by atoms with Gasteiger partial charge in [-0.2, -0.15) is 5.10 Å². The lowest BCUT2D eigenvalue weighted by molar-refractivity contribution is 0.766. The summed E-state index contributed by atoms with van der Waals surface area (Å²) in [5.74, 6) is 0. The molecule has 2 aromatic heterocycles. The van der Waals surface area contributed by atoms with Crippen LogP contribution in [0.4, 0.5) is 0 Å². The summed E-state index contributed by atoms with van der Waals surface area (Å²) >= 11 is 12.8. The molecule has 0 atom stereocenters. The molecule has 5 nitrogen and oxygen atoms in total. The minimum absolute atomic E-state index is 0.0748. The average molecular weight is 262 g/mol. The number of hydrogen-bond donors (Lipinski definition) is 0. The predicted molar refractivity (Wildman–Crippen MR) is 57.2 cm³/mol. The molecule has 0 N–H and O–H groups in total. The summed E-state index contributed by atoms with van der Waals surface area (Å²) in [4.78, 5) is 4.88. The number of hydrogen-bond acceptors (Lipinski definition) is 5. The highest BCUT2D eigenvalue weighted by atomic mass is 35.5. The Balaban J connectivity index is 2.27. The monoisotopic (exact) mass is 261 g/mol. The fraction of sp³-hybridized carbons (Fsp3) is 0.143. The Hall–Kier alpha value is -0.850. The molecule has 78 valence electrons. The summed E-state index contributed by atoms with van der Waals surface area (Å²) in [6, 6.07) is 0. The van der Waals surface area contributed by atoms with E-state index < -0.39 is 0 Å². The Bertz CT molecular complexity index is 486. The third-order valence-corrected chi connectivity index (χ3v) is 2.94. The topological polar surface area (TPSA) is 56.5 Å². The van der Waals surface area contributed by atoms with E-state index in [1.165, 1.54) is 11.8 Å². The van der Waals surface area contributed by atoms with Gasteiger partial charge in [-0.3, -0.25) is 4.68 Å². The van der Waals surface area contributed by atoms with Crippen molar-refractivity contribution in [3.8, 4) is 0 Å². The lowest BCUT2D eigenvalue weighted by atomic mass is 10.7. The molecule has 0 saturated heterocycles. The van der Waals surface area contributed by atoms with Gasteiger partial charge < -0.3 is 0 Å². The molecule has 0 aliphatic heterocycles. The summed E-state index contributed by atoms with van der Waals surface area (Å²) in [6.07, 6.45) is 3.55. The Morgan fingerprint density at radius 2 is 2.13 bits per heavy atom. The molecule has 2 heterocycles. The highest BCUT2D eigenvalue weighted by Gasteiger charge is 2.08. The van der Waals surface area contributed by atoms with Crippen molar-refractivity contribution < 1.29 is 0 Å². The minimum Gasteiger partial charge on any atom is -0.275 e. The molecule has 0 spiro atoms. The zero-order valence-corrected chi connectivity index (χ0v) is 9.88. The van der Waals surface area contributed by atoms with Crippen molar-refractivity contribution in [1.29, 1.82) is 0 Å². The van der Waals surface area contributed by atoms with Crippen LogP contribution in [0.2, 0.25) is 10.4 Å². The van der Waals surface area contributed by atoms with Gasteiger partial charge in [-0.1, -0.05) is 23.4 Å². The quantitative estimate of drug-likeness (QED) is 0.829. The Labute approximate surface area is 99.8 Å². The Morgan fingerprint density at radius 1 is 1.33 bits per heavy atom. The van der Waals surface area contributed by atoms with Crippen LogP contribution in [-0.4, -0.2) is 25.0 Å². The minimum atomic E-state index is 0.0748. The Kier molecular flexibility index (Phi) is 3.08. The first-order valence-corrected chi connectivity index (χ1v) is 5.44. The van der Waals surface area contributed by atoms with E-state index in [9.17, 15) is 0 Å². The van der Waals surface area contributed by atoms with Crippen molar-refractivity contribution in [2.24, 2.45) is 7.05 Å². The molecule has 2 aromatic rings. The fourth-order valence-electron chi connectivity index (χ4n) is 0.908. The van der Waals surface area contributed by atoms with E-state index in [1.807, 2.05) is 13.2 Å². The number of nitrogens with zero attached hydrogens (tertiary/aromatic N) is 5. The highest BCUT2D eigenvalue weighted by molar-refractivity contribution is 7.99. The van der Waals surface area contributed by atoms with Crippen molar-refractivity contribution >= 4 is 35.0 Å². The second-order valence-corrected chi connectivity index (χ2v) is 4.39. The van der Waals surface area contributed by atoms with Crippen molar-refractivity contribution in [2.75, 3.05) is 0 Å². The lowest BCUT2D eigenvalue weighted by Crippen LogP contribution is -1.91. The molecular weight excluding hydrogens is 257 g/mol. The van der Waals surface area contributed by atoms with E-state index in [1.54, 1.807) is 10.9 Å². The number of aryl methyl sites for hydroxylation is 1. The van der Waals surface area contributed by atoms with Gasteiger partial charge in [-0.05, 0) is 11.6 Å². The van der Waals surface area contributed by atoms with Crippen LogP contribution in [0.5, 0.6) is 0 Å². The molecule has 0 unspecified atom stereocenters. The van der Waals surface area contributed by atoms with Gasteiger partial charge in [0.05, 0.1) is 11.1 Å². The maximum absolute atomic E-state index is 5.81. The van der Waals surface area contributed by atoms with Crippen LogP contribution >= 0.6 is 35.0 Å². The van der Waals surface area contributed by atoms with Crippen LogP contribution < -0.4 is 0 Å². The number of aromatic nitrogens is 5. The van der Waals surface area contributed by atoms with Gasteiger partial charge in [-0.15, -0.1) is 10.2 Å². The van der Waals surface area contributed by atoms with Crippen LogP contribution in [-0.2, 0) is 7.05 Å². The molecular formula is C7H5Cl2N5S. The molecule has 0 aromatic carbocycles. The third-order valence-electron chi connectivity index (χ3n) is 1.49. The maximum atomic E-state index is 5.81. The van der Waals surface area contributed by atoms with Crippen LogP contribution in [0, 0.1) is 0 Å². The van der Waals surface area contributed by atoms with Gasteiger partial charge in [-0.25, -0.2) is 4.98 Å². The molecule has 2 rings (SSSR count). The first-order valence-electron chi connectivity index (χ1n) is 3.87. The third kappa shape index (κ3) is 2.58. The molecule has 0 aliphatic rings. The Morgan fingerprint density at radius 3 is 2.80 bits per heavy atom. The lowest BCUT2D eigenvalue weighted by Gasteiger charge is -1.98. The van der Waals surface area contributed by atoms with Crippen molar-refractivity contribution in [3.05, 3.63) is 22.8 Å². The van der Waals surface area contributed by atoms with E-state index in [4.69, 9.17) is 23.2 Å². The predicted octanol–water partition coefficient (Wildman–Crippen LogP) is 2.06. The highest BCUT2D eigenvalue weighted by Crippen LogP contribution is 2.29. The summed E-state index contributed by atoms with van der Waals surface area (Å²) in [6.45, 7) is 0. The molecule has 8 heteroatoms. The molecule has 0 aliphatic carbocycles. The van der Waals surface area contributed by atoms with Gasteiger partial charge in [0.15, 0.2) is 5.15 Å². The number of rotatable bonds is 2. The van der Waals surface area contributed by atoms with Crippen LogP contribution in [0.1, 0.15) is 0 Å². The summed E-state index contributed by atoms with van der Waals surface area (Å²) in [5.41, 5.74) is 0. The smallest absolute Gasteiger partial charge is 0.244 e. The van der Waals surface area contributed by atoms with Crippen LogP contribution in [0.3, 0.4) is 0 Å². The second-order valence-electron chi connectivity index (χ2n) is 2.63. The van der Waals surface area contributed by atoms with Crippen LogP contribution in [0.15, 0.2) is 22.3 Å². The SMILES string of the molecule is Cn1cc(Sc2nc(Cl)nnc2Cl)cn1. The summed E-state index contributed by atoms with van der Waals surface area (Å²) in [7, 11) is 1.83. The van der Waals surface area contributed by atoms with Gasteiger partial charge in [0, 0.05) is 13.2 Å². The van der Waals surface area contributed by atoms with Gasteiger partial charge in [0.2, 0.25) is 5.28 Å². The van der Waals surface area contributed by atoms with Gasteiger partial charge >= 0.3 is 0 Å². The normalized spacial score (nSPS) is 10.6. The van der Waals surface area contributed by atoms with E-state index >= 15 is 0 Å².